The summed E-state index contributed by atoms with van der Waals surface area (Å²) in [6.07, 6.45) is 0.398. The van der Waals surface area contributed by atoms with E-state index in [9.17, 15) is 14.0 Å². The van der Waals surface area contributed by atoms with Crippen molar-refractivity contribution in [3.05, 3.63) is 106 Å². The minimum atomic E-state index is -0.683. The van der Waals surface area contributed by atoms with Crippen molar-refractivity contribution in [2.75, 3.05) is 12.3 Å². The fraction of sp³-hybridized carbons (Fsp3) is 0.310. The molecule has 3 aromatic carbocycles. The molecule has 3 aromatic rings. The Labute approximate surface area is 225 Å². The van der Waals surface area contributed by atoms with E-state index in [0.29, 0.717) is 18.7 Å². The molecule has 0 saturated heterocycles. The summed E-state index contributed by atoms with van der Waals surface area (Å²) in [5, 5.41) is 3.02. The smallest absolute Gasteiger partial charge is 0.243 e. The lowest BCUT2D eigenvalue weighted by atomic mass is 10.0. The predicted molar refractivity (Wildman–Crippen MR) is 149 cm³/mol. The first-order chi connectivity index (χ1) is 17.3. The highest BCUT2D eigenvalue weighted by Crippen LogP contribution is 2.20. The Kier molecular flexibility index (Phi) is 11.0. The monoisotopic (exact) mass is 570 g/mol. The maximum atomic E-state index is 13.6. The van der Waals surface area contributed by atoms with Crippen LogP contribution in [0.15, 0.2) is 83.3 Å². The largest absolute Gasteiger partial charge is 0.354 e. The Hall–Kier alpha value is -2.64. The molecular weight excluding hydrogens is 539 g/mol. The maximum Gasteiger partial charge on any atom is 0.243 e. The van der Waals surface area contributed by atoms with Crippen LogP contribution in [-0.2, 0) is 28.3 Å². The van der Waals surface area contributed by atoms with Gasteiger partial charge in [-0.3, -0.25) is 9.59 Å². The Balaban J connectivity index is 1.82. The van der Waals surface area contributed by atoms with Crippen molar-refractivity contribution >= 4 is 39.5 Å². The van der Waals surface area contributed by atoms with Crippen molar-refractivity contribution < 1.29 is 14.0 Å². The number of nitrogens with one attached hydrogen (secondary N) is 1. The number of hydrogen-bond donors (Lipinski definition) is 1. The average Bonchev–Trinajstić information content (AvgIpc) is 2.87. The molecule has 0 aliphatic rings. The van der Waals surface area contributed by atoms with Gasteiger partial charge in [0, 0.05) is 29.7 Å². The minimum Gasteiger partial charge on any atom is -0.354 e. The van der Waals surface area contributed by atoms with E-state index in [1.165, 1.54) is 23.9 Å². The second-order valence-electron chi connectivity index (χ2n) is 9.11. The lowest BCUT2D eigenvalue weighted by molar-refractivity contribution is -0.139. The highest BCUT2D eigenvalue weighted by molar-refractivity contribution is 9.10. The molecule has 0 aliphatic carbocycles. The fourth-order valence-corrected chi connectivity index (χ4v) is 4.82. The van der Waals surface area contributed by atoms with E-state index in [1.54, 1.807) is 17.0 Å². The first kappa shape index (κ1) is 27.9. The molecule has 0 saturated carbocycles. The van der Waals surface area contributed by atoms with E-state index >= 15 is 0 Å². The molecule has 2 amide bonds. The summed E-state index contributed by atoms with van der Waals surface area (Å²) in [6, 6.07) is 23.1. The van der Waals surface area contributed by atoms with E-state index < -0.39 is 6.04 Å². The number of nitrogens with zero attached hydrogens (tertiary/aromatic N) is 1. The minimum absolute atomic E-state index is 0.123. The second-order valence-corrected chi connectivity index (χ2v) is 11.0. The number of amides is 2. The van der Waals surface area contributed by atoms with Gasteiger partial charge in [0.05, 0.1) is 5.75 Å². The molecule has 36 heavy (non-hydrogen) atoms. The standard InChI is InChI=1S/C29H32BrFN2O2S/c1-21(2)17-32-29(35)27(16-22-6-4-3-5-7-22)33(18-23-10-14-26(31)15-11-23)28(34)20-36-19-24-8-12-25(30)13-9-24/h3-15,21,27H,16-20H2,1-2H3,(H,32,35). The van der Waals surface area contributed by atoms with Crippen molar-refractivity contribution in [2.45, 2.75) is 38.6 Å². The summed E-state index contributed by atoms with van der Waals surface area (Å²) in [7, 11) is 0. The number of benzene rings is 3. The van der Waals surface area contributed by atoms with Gasteiger partial charge < -0.3 is 10.2 Å². The van der Waals surface area contributed by atoms with Crippen LogP contribution in [0.5, 0.6) is 0 Å². The quantitative estimate of drug-likeness (QED) is 0.280. The van der Waals surface area contributed by atoms with E-state index in [1.807, 2.05) is 68.4 Å². The van der Waals surface area contributed by atoms with Crippen molar-refractivity contribution in [3.8, 4) is 0 Å². The van der Waals surface area contributed by atoms with Crippen molar-refractivity contribution in [2.24, 2.45) is 5.92 Å². The molecule has 4 nitrogen and oxygen atoms in total. The van der Waals surface area contributed by atoms with Crippen LogP contribution in [0.4, 0.5) is 4.39 Å². The van der Waals surface area contributed by atoms with Crippen molar-refractivity contribution in [3.63, 3.8) is 0 Å². The van der Waals surface area contributed by atoms with Gasteiger partial charge in [0.2, 0.25) is 11.8 Å². The molecule has 3 rings (SSSR count). The molecular formula is C29H32BrFN2O2S. The summed E-state index contributed by atoms with van der Waals surface area (Å²) >= 11 is 4.96. The van der Waals surface area contributed by atoms with E-state index in [2.05, 4.69) is 21.2 Å². The van der Waals surface area contributed by atoms with Crippen LogP contribution < -0.4 is 5.32 Å². The summed E-state index contributed by atoms with van der Waals surface area (Å²) in [5.41, 5.74) is 2.87. The number of halogens is 2. The molecule has 7 heteroatoms. The SMILES string of the molecule is CC(C)CNC(=O)C(Cc1ccccc1)N(Cc1ccc(F)cc1)C(=O)CSCc1ccc(Br)cc1. The van der Waals surface area contributed by atoms with Gasteiger partial charge in [-0.1, -0.05) is 84.4 Å². The van der Waals surface area contributed by atoms with Gasteiger partial charge in [0.25, 0.3) is 0 Å². The van der Waals surface area contributed by atoms with E-state index in [0.717, 1.165) is 21.2 Å². The molecule has 1 atom stereocenters. The van der Waals surface area contributed by atoms with Gasteiger partial charge in [0.15, 0.2) is 0 Å². The van der Waals surface area contributed by atoms with Gasteiger partial charge in [-0.2, -0.15) is 0 Å². The molecule has 0 radical (unpaired) electrons. The third-order valence-electron chi connectivity index (χ3n) is 5.63. The molecule has 0 bridgehead atoms. The Bertz CT molecular complexity index is 1110. The lowest BCUT2D eigenvalue weighted by Crippen LogP contribution is -2.51. The number of hydrogen-bond acceptors (Lipinski definition) is 3. The van der Waals surface area contributed by atoms with Crippen LogP contribution in [0.2, 0.25) is 0 Å². The summed E-state index contributed by atoms with van der Waals surface area (Å²) < 4.78 is 14.5. The summed E-state index contributed by atoms with van der Waals surface area (Å²) in [5.74, 6) is 0.570. The van der Waals surface area contributed by atoms with Crippen LogP contribution in [0.3, 0.4) is 0 Å². The van der Waals surface area contributed by atoms with Crippen LogP contribution >= 0.6 is 27.7 Å². The lowest BCUT2D eigenvalue weighted by Gasteiger charge is -2.32. The fourth-order valence-electron chi connectivity index (χ4n) is 3.68. The van der Waals surface area contributed by atoms with E-state index in [-0.39, 0.29) is 35.8 Å². The normalized spacial score (nSPS) is 11.8. The Morgan fingerprint density at radius 3 is 2.19 bits per heavy atom. The second kappa shape index (κ2) is 14.2. The molecule has 0 spiro atoms. The summed E-state index contributed by atoms with van der Waals surface area (Å²) in [4.78, 5) is 28.6. The predicted octanol–water partition coefficient (Wildman–Crippen LogP) is 6.23. The van der Waals surface area contributed by atoms with Gasteiger partial charge in [0.1, 0.15) is 11.9 Å². The maximum absolute atomic E-state index is 13.6. The van der Waals surface area contributed by atoms with Crippen LogP contribution in [0, 0.1) is 11.7 Å². The highest BCUT2D eigenvalue weighted by atomic mass is 79.9. The zero-order valence-corrected chi connectivity index (χ0v) is 23.0. The molecule has 1 unspecified atom stereocenters. The zero-order valence-electron chi connectivity index (χ0n) is 20.6. The molecule has 0 heterocycles. The van der Waals surface area contributed by atoms with Gasteiger partial charge in [-0.05, 0) is 46.9 Å². The molecule has 190 valence electrons. The van der Waals surface area contributed by atoms with Crippen molar-refractivity contribution in [1.29, 1.82) is 0 Å². The van der Waals surface area contributed by atoms with E-state index in [4.69, 9.17) is 0 Å². The van der Waals surface area contributed by atoms with Crippen LogP contribution in [0.1, 0.15) is 30.5 Å². The first-order valence-electron chi connectivity index (χ1n) is 12.0. The number of rotatable bonds is 12. The first-order valence-corrected chi connectivity index (χ1v) is 13.9. The Morgan fingerprint density at radius 2 is 1.56 bits per heavy atom. The van der Waals surface area contributed by atoms with Crippen LogP contribution in [-0.4, -0.2) is 35.1 Å². The highest BCUT2D eigenvalue weighted by Gasteiger charge is 2.30. The van der Waals surface area contributed by atoms with Gasteiger partial charge >= 0.3 is 0 Å². The zero-order chi connectivity index (χ0) is 25.9. The molecule has 0 fully saturated rings. The van der Waals surface area contributed by atoms with Gasteiger partial charge in [-0.25, -0.2) is 4.39 Å². The molecule has 0 aliphatic heterocycles. The number of thioether (sulfide) groups is 1. The summed E-state index contributed by atoms with van der Waals surface area (Å²) in [6.45, 7) is 4.82. The van der Waals surface area contributed by atoms with Crippen molar-refractivity contribution in [1.82, 2.24) is 10.2 Å². The molecule has 0 aromatic heterocycles. The molecule has 1 N–H and O–H groups in total. The third-order valence-corrected chi connectivity index (χ3v) is 7.15. The third kappa shape index (κ3) is 9.10. The average molecular weight is 572 g/mol. The van der Waals surface area contributed by atoms with Gasteiger partial charge in [-0.15, -0.1) is 11.8 Å². The topological polar surface area (TPSA) is 49.4 Å². The number of carbonyl (C=O) groups is 2. The van der Waals surface area contributed by atoms with Crippen LogP contribution in [0.25, 0.3) is 0 Å². The Morgan fingerprint density at radius 1 is 0.917 bits per heavy atom. The number of carbonyl (C=O) groups excluding carboxylic acids is 2.